The maximum atomic E-state index is 14.1. The predicted molar refractivity (Wildman–Crippen MR) is 76.2 cm³/mol. The van der Waals surface area contributed by atoms with E-state index in [9.17, 15) is 8.78 Å². The molecule has 104 valence electrons. The molecule has 0 aliphatic carbocycles. The van der Waals surface area contributed by atoms with Crippen LogP contribution in [0.3, 0.4) is 0 Å². The van der Waals surface area contributed by atoms with Crippen LogP contribution in [0.2, 0.25) is 0 Å². The molecule has 2 aromatic rings. The summed E-state index contributed by atoms with van der Waals surface area (Å²) in [4.78, 5) is 1.77. The first kappa shape index (κ1) is 13.1. The van der Waals surface area contributed by atoms with Gasteiger partial charge in [0.1, 0.15) is 11.6 Å². The summed E-state index contributed by atoms with van der Waals surface area (Å²) in [5.41, 5.74) is 0.845. The van der Waals surface area contributed by atoms with Crippen molar-refractivity contribution in [2.24, 2.45) is 0 Å². The lowest BCUT2D eigenvalue weighted by Crippen LogP contribution is -2.34. The summed E-state index contributed by atoms with van der Waals surface area (Å²) in [6.45, 7) is 1.59. The van der Waals surface area contributed by atoms with E-state index in [4.69, 9.17) is 0 Å². The van der Waals surface area contributed by atoms with E-state index in [1.807, 2.05) is 0 Å². The second-order valence-corrected chi connectivity index (χ2v) is 4.92. The van der Waals surface area contributed by atoms with E-state index >= 15 is 0 Å². The van der Waals surface area contributed by atoms with Gasteiger partial charge in [-0.2, -0.15) is 0 Å². The van der Waals surface area contributed by atoms with Crippen LogP contribution in [0.25, 0.3) is 0 Å². The van der Waals surface area contributed by atoms with Crippen LogP contribution in [0.4, 0.5) is 20.2 Å². The number of rotatable bonds is 3. The van der Waals surface area contributed by atoms with Gasteiger partial charge in [0.25, 0.3) is 0 Å². The maximum Gasteiger partial charge on any atom is 0.146 e. The van der Waals surface area contributed by atoms with Crippen LogP contribution in [0.15, 0.2) is 48.5 Å². The fourth-order valence-corrected chi connectivity index (χ4v) is 2.68. The van der Waals surface area contributed by atoms with E-state index < -0.39 is 0 Å². The van der Waals surface area contributed by atoms with Crippen LogP contribution in [0.5, 0.6) is 0 Å². The summed E-state index contributed by atoms with van der Waals surface area (Å²) in [6.07, 6.45) is 0.864. The van der Waals surface area contributed by atoms with E-state index in [1.54, 1.807) is 41.3 Å². The van der Waals surface area contributed by atoms with Gasteiger partial charge in [-0.25, -0.2) is 8.78 Å². The number of hydrogen-bond acceptors (Lipinski definition) is 2. The second-order valence-electron chi connectivity index (χ2n) is 4.92. The minimum atomic E-state index is -0.331. The fraction of sp³-hybridized carbons (Fsp3) is 0.250. The van der Waals surface area contributed by atoms with Crippen molar-refractivity contribution in [2.75, 3.05) is 18.0 Å². The lowest BCUT2D eigenvalue weighted by atomic mass is 10.1. The molecule has 1 aliphatic rings. The zero-order valence-electron chi connectivity index (χ0n) is 11.0. The van der Waals surface area contributed by atoms with Crippen molar-refractivity contribution in [2.45, 2.75) is 12.5 Å². The van der Waals surface area contributed by atoms with Crippen molar-refractivity contribution in [1.82, 2.24) is 5.32 Å². The van der Waals surface area contributed by atoms with Gasteiger partial charge in [-0.05, 0) is 37.2 Å². The number of halogens is 2. The molecule has 0 spiro atoms. The zero-order chi connectivity index (χ0) is 13.9. The van der Waals surface area contributed by atoms with Crippen LogP contribution in [0, 0.1) is 11.6 Å². The molecule has 4 heteroatoms. The Bertz CT molecular complexity index is 549. The Morgan fingerprint density at radius 1 is 0.900 bits per heavy atom. The molecule has 2 nitrogen and oxygen atoms in total. The average Bonchev–Trinajstić information content (AvgIpc) is 2.97. The van der Waals surface area contributed by atoms with Gasteiger partial charge in [0, 0.05) is 12.6 Å². The first-order valence-corrected chi connectivity index (χ1v) is 6.76. The lowest BCUT2D eigenvalue weighted by molar-refractivity contribution is 0.594. The van der Waals surface area contributed by atoms with Gasteiger partial charge in [-0.15, -0.1) is 0 Å². The molecule has 0 aromatic heterocycles. The fourth-order valence-electron chi connectivity index (χ4n) is 2.68. The molecular weight excluding hydrogens is 258 g/mol. The highest BCUT2D eigenvalue weighted by Gasteiger charge is 2.27. The summed E-state index contributed by atoms with van der Waals surface area (Å²) in [5.74, 6) is -0.662. The number of para-hydroxylation sites is 2. The Kier molecular flexibility index (Phi) is 3.65. The van der Waals surface area contributed by atoms with Crippen molar-refractivity contribution < 1.29 is 8.78 Å². The minimum absolute atomic E-state index is 0.0591. The molecule has 0 bridgehead atoms. The zero-order valence-corrected chi connectivity index (χ0v) is 11.0. The summed E-state index contributed by atoms with van der Waals surface area (Å²) in [6, 6.07) is 13.1. The summed E-state index contributed by atoms with van der Waals surface area (Å²) >= 11 is 0. The molecule has 0 amide bonds. The van der Waals surface area contributed by atoms with Gasteiger partial charge in [0.05, 0.1) is 11.4 Å². The Balaban J connectivity index is 2.09. The highest BCUT2D eigenvalue weighted by molar-refractivity contribution is 5.65. The molecule has 0 saturated carbocycles. The Labute approximate surface area is 117 Å². The van der Waals surface area contributed by atoms with Crippen LogP contribution < -0.4 is 10.2 Å². The summed E-state index contributed by atoms with van der Waals surface area (Å²) in [5, 5.41) is 3.24. The third kappa shape index (κ3) is 2.39. The number of nitrogens with zero attached hydrogens (tertiary/aromatic N) is 1. The van der Waals surface area contributed by atoms with Crippen LogP contribution in [-0.4, -0.2) is 19.1 Å². The van der Waals surface area contributed by atoms with Gasteiger partial charge in [0.2, 0.25) is 0 Å². The molecule has 0 radical (unpaired) electrons. The number of anilines is 2. The molecule has 0 unspecified atom stereocenters. The van der Waals surface area contributed by atoms with Crippen LogP contribution in [0.1, 0.15) is 6.42 Å². The summed E-state index contributed by atoms with van der Waals surface area (Å²) in [7, 11) is 0. The van der Waals surface area contributed by atoms with Crippen molar-refractivity contribution in [3.63, 3.8) is 0 Å². The Hall–Kier alpha value is -1.94. The smallest absolute Gasteiger partial charge is 0.146 e. The second kappa shape index (κ2) is 5.59. The van der Waals surface area contributed by atoms with Gasteiger partial charge in [-0.1, -0.05) is 24.3 Å². The lowest BCUT2D eigenvalue weighted by Gasteiger charge is -2.31. The van der Waals surface area contributed by atoms with E-state index in [0.717, 1.165) is 19.5 Å². The first-order chi connectivity index (χ1) is 9.77. The SMILES string of the molecule is Fc1ccccc1N(c1ccccc1F)[C@H]1CCNC1. The Morgan fingerprint density at radius 3 is 1.90 bits per heavy atom. The molecular formula is C16H16F2N2. The van der Waals surface area contributed by atoms with Crippen molar-refractivity contribution in [3.8, 4) is 0 Å². The monoisotopic (exact) mass is 274 g/mol. The van der Waals surface area contributed by atoms with Crippen molar-refractivity contribution in [1.29, 1.82) is 0 Å². The normalized spacial score (nSPS) is 18.2. The third-order valence-electron chi connectivity index (χ3n) is 3.62. The molecule has 20 heavy (non-hydrogen) atoms. The molecule has 1 N–H and O–H groups in total. The number of benzene rings is 2. The Morgan fingerprint density at radius 2 is 1.45 bits per heavy atom. The molecule has 1 atom stereocenters. The summed E-state index contributed by atoms with van der Waals surface area (Å²) < 4.78 is 28.3. The van der Waals surface area contributed by atoms with E-state index in [0.29, 0.717) is 11.4 Å². The molecule has 1 fully saturated rings. The average molecular weight is 274 g/mol. The highest BCUT2D eigenvalue weighted by Crippen LogP contribution is 2.33. The molecule has 1 aliphatic heterocycles. The van der Waals surface area contributed by atoms with Gasteiger partial charge in [-0.3, -0.25) is 0 Å². The first-order valence-electron chi connectivity index (χ1n) is 6.76. The molecule has 1 heterocycles. The van der Waals surface area contributed by atoms with Gasteiger partial charge in [0.15, 0.2) is 0 Å². The number of nitrogens with one attached hydrogen (secondary N) is 1. The van der Waals surface area contributed by atoms with Crippen molar-refractivity contribution in [3.05, 3.63) is 60.2 Å². The maximum absolute atomic E-state index is 14.1. The molecule has 3 rings (SSSR count). The minimum Gasteiger partial charge on any atom is -0.332 e. The van der Waals surface area contributed by atoms with E-state index in [-0.39, 0.29) is 17.7 Å². The highest BCUT2D eigenvalue weighted by atomic mass is 19.1. The van der Waals surface area contributed by atoms with Crippen LogP contribution >= 0.6 is 0 Å². The molecule has 2 aromatic carbocycles. The predicted octanol–water partition coefficient (Wildman–Crippen LogP) is 3.46. The topological polar surface area (TPSA) is 15.3 Å². The largest absolute Gasteiger partial charge is 0.332 e. The van der Waals surface area contributed by atoms with Gasteiger partial charge >= 0.3 is 0 Å². The van der Waals surface area contributed by atoms with E-state index in [2.05, 4.69) is 5.32 Å². The molecule has 1 saturated heterocycles. The van der Waals surface area contributed by atoms with Gasteiger partial charge < -0.3 is 10.2 Å². The number of hydrogen-bond donors (Lipinski definition) is 1. The van der Waals surface area contributed by atoms with E-state index in [1.165, 1.54) is 12.1 Å². The van der Waals surface area contributed by atoms with Crippen molar-refractivity contribution >= 4 is 11.4 Å². The quantitative estimate of drug-likeness (QED) is 0.922. The van der Waals surface area contributed by atoms with Crippen LogP contribution in [-0.2, 0) is 0 Å². The standard InChI is InChI=1S/C16H16F2N2/c17-13-5-1-3-7-15(13)20(12-9-10-19-11-12)16-8-4-2-6-14(16)18/h1-8,12,19H,9-11H2/t12-/m0/s1. The third-order valence-corrected chi connectivity index (χ3v) is 3.62.